The summed E-state index contributed by atoms with van der Waals surface area (Å²) in [6.45, 7) is 1.09. The van der Waals surface area contributed by atoms with Gasteiger partial charge in [0.05, 0.1) is 6.61 Å². The predicted molar refractivity (Wildman–Crippen MR) is 80.5 cm³/mol. The van der Waals surface area contributed by atoms with Crippen LogP contribution in [0, 0.1) is 6.92 Å². The summed E-state index contributed by atoms with van der Waals surface area (Å²) in [5.74, 6) is 0.196. The molecule has 2 aromatic rings. The maximum Gasteiger partial charge on any atom is 0.336 e. The van der Waals surface area contributed by atoms with Crippen LogP contribution in [0.15, 0.2) is 33.5 Å². The van der Waals surface area contributed by atoms with Crippen LogP contribution in [0.5, 0.6) is 5.75 Å². The van der Waals surface area contributed by atoms with Crippen LogP contribution in [0.1, 0.15) is 5.56 Å². The van der Waals surface area contributed by atoms with Crippen molar-refractivity contribution >= 4 is 11.0 Å². The summed E-state index contributed by atoms with van der Waals surface area (Å²) in [4.78, 5) is 11.4. The molecule has 0 amide bonds. The van der Waals surface area contributed by atoms with Crippen molar-refractivity contribution in [2.24, 2.45) is 0 Å². The van der Waals surface area contributed by atoms with Gasteiger partial charge in [-0.3, -0.25) is 0 Å². The minimum absolute atomic E-state index is 0.196. The van der Waals surface area contributed by atoms with Crippen LogP contribution < -0.4 is 10.4 Å². The Morgan fingerprint density at radius 2 is 2.00 bits per heavy atom. The number of halogens is 1. The summed E-state index contributed by atoms with van der Waals surface area (Å²) in [6.07, 6.45) is -8.00. The quantitative estimate of drug-likeness (QED) is 0.688. The predicted octanol–water partition coefficient (Wildman–Crippen LogP) is 0.257. The zero-order valence-corrected chi connectivity index (χ0v) is 12.8. The van der Waals surface area contributed by atoms with E-state index in [1.807, 2.05) is 0 Å². The van der Waals surface area contributed by atoms with E-state index in [0.717, 1.165) is 5.56 Å². The molecule has 0 spiro atoms. The number of benzene rings is 1. The lowest BCUT2D eigenvalue weighted by Crippen LogP contribution is -2.58. The summed E-state index contributed by atoms with van der Waals surface area (Å²) in [5.41, 5.74) is 0.505. The normalized spacial score (nSPS) is 30.5. The molecule has 8 heteroatoms. The SMILES string of the molecule is Cc1cc(=O)oc2cc(O[C@H]3O[C@H](CO)[C@H](F)[C@H](O)[C@H]3O)ccc12. The molecule has 1 saturated heterocycles. The van der Waals surface area contributed by atoms with Crippen molar-refractivity contribution in [3.63, 3.8) is 0 Å². The molecule has 1 aliphatic rings. The monoisotopic (exact) mass is 340 g/mol. The highest BCUT2D eigenvalue weighted by atomic mass is 19.1. The van der Waals surface area contributed by atoms with Crippen molar-refractivity contribution in [3.8, 4) is 5.75 Å². The number of hydrogen-bond acceptors (Lipinski definition) is 7. The summed E-state index contributed by atoms with van der Waals surface area (Å²) in [6, 6.07) is 6.02. The van der Waals surface area contributed by atoms with Gasteiger partial charge in [0.25, 0.3) is 0 Å². The van der Waals surface area contributed by atoms with Crippen LogP contribution in [-0.2, 0) is 4.74 Å². The van der Waals surface area contributed by atoms with Crippen LogP contribution in [0.25, 0.3) is 11.0 Å². The second kappa shape index (κ2) is 6.48. The largest absolute Gasteiger partial charge is 0.462 e. The molecule has 5 atom stereocenters. The van der Waals surface area contributed by atoms with Crippen molar-refractivity contribution in [1.29, 1.82) is 0 Å². The summed E-state index contributed by atoms with van der Waals surface area (Å²) >= 11 is 0. The van der Waals surface area contributed by atoms with E-state index in [-0.39, 0.29) is 11.3 Å². The van der Waals surface area contributed by atoms with E-state index >= 15 is 0 Å². The van der Waals surface area contributed by atoms with Gasteiger partial charge in [-0.1, -0.05) is 0 Å². The van der Waals surface area contributed by atoms with Gasteiger partial charge in [-0.2, -0.15) is 0 Å². The first-order valence-corrected chi connectivity index (χ1v) is 7.38. The van der Waals surface area contributed by atoms with Gasteiger partial charge in [0.15, 0.2) is 6.17 Å². The summed E-state index contributed by atoms with van der Waals surface area (Å²) < 4.78 is 29.4. The fourth-order valence-electron chi connectivity index (χ4n) is 2.65. The van der Waals surface area contributed by atoms with Crippen molar-refractivity contribution in [2.45, 2.75) is 37.7 Å². The van der Waals surface area contributed by atoms with Gasteiger partial charge in [-0.15, -0.1) is 0 Å². The van der Waals surface area contributed by atoms with Gasteiger partial charge in [0.1, 0.15) is 29.6 Å². The minimum atomic E-state index is -1.93. The number of rotatable bonds is 3. The summed E-state index contributed by atoms with van der Waals surface area (Å²) in [7, 11) is 0. The van der Waals surface area contributed by atoms with E-state index in [4.69, 9.17) is 19.0 Å². The van der Waals surface area contributed by atoms with Crippen LogP contribution in [-0.4, -0.2) is 52.7 Å². The molecule has 0 saturated carbocycles. The average Bonchev–Trinajstić information content (AvgIpc) is 2.55. The molecule has 1 aromatic carbocycles. The molecule has 3 rings (SSSR count). The Bertz CT molecular complexity index is 788. The molecule has 2 heterocycles. The zero-order chi connectivity index (χ0) is 17.4. The number of aliphatic hydroxyl groups excluding tert-OH is 3. The number of fused-ring (bicyclic) bond motifs is 1. The van der Waals surface area contributed by atoms with Crippen LogP contribution in [0.4, 0.5) is 4.39 Å². The fourth-order valence-corrected chi connectivity index (χ4v) is 2.65. The number of aliphatic hydroxyl groups is 3. The highest BCUT2D eigenvalue weighted by Gasteiger charge is 2.45. The Morgan fingerprint density at radius 1 is 1.25 bits per heavy atom. The lowest BCUT2D eigenvalue weighted by molar-refractivity contribution is -0.265. The van der Waals surface area contributed by atoms with E-state index in [9.17, 15) is 19.4 Å². The molecule has 3 N–H and O–H groups in total. The molecule has 1 aliphatic heterocycles. The van der Waals surface area contributed by atoms with Crippen molar-refractivity contribution in [1.82, 2.24) is 0 Å². The Balaban J connectivity index is 1.87. The number of hydrogen-bond donors (Lipinski definition) is 3. The van der Waals surface area contributed by atoms with Crippen molar-refractivity contribution in [3.05, 3.63) is 40.2 Å². The third-order valence-corrected chi connectivity index (χ3v) is 3.97. The van der Waals surface area contributed by atoms with E-state index in [0.29, 0.717) is 5.39 Å². The Morgan fingerprint density at radius 3 is 2.71 bits per heavy atom. The first-order chi connectivity index (χ1) is 11.4. The molecular weight excluding hydrogens is 323 g/mol. The van der Waals surface area contributed by atoms with Gasteiger partial charge < -0.3 is 29.2 Å². The van der Waals surface area contributed by atoms with Gasteiger partial charge in [-0.05, 0) is 24.6 Å². The van der Waals surface area contributed by atoms with Gasteiger partial charge in [0.2, 0.25) is 6.29 Å². The van der Waals surface area contributed by atoms with Crippen LogP contribution >= 0.6 is 0 Å². The molecule has 24 heavy (non-hydrogen) atoms. The zero-order valence-electron chi connectivity index (χ0n) is 12.8. The van der Waals surface area contributed by atoms with Crippen molar-refractivity contribution < 1.29 is 33.6 Å². The average molecular weight is 340 g/mol. The molecule has 0 radical (unpaired) electrons. The van der Waals surface area contributed by atoms with E-state index in [2.05, 4.69) is 0 Å². The Labute approximate surface area is 135 Å². The maximum atomic E-state index is 13.7. The molecule has 1 fully saturated rings. The second-order valence-corrected chi connectivity index (χ2v) is 5.68. The third-order valence-electron chi connectivity index (χ3n) is 3.97. The topological polar surface area (TPSA) is 109 Å². The molecule has 130 valence electrons. The first-order valence-electron chi connectivity index (χ1n) is 7.38. The second-order valence-electron chi connectivity index (χ2n) is 5.68. The molecular formula is C16H17FO7. The fraction of sp³-hybridized carbons (Fsp3) is 0.438. The van der Waals surface area contributed by atoms with Crippen LogP contribution in [0.2, 0.25) is 0 Å². The van der Waals surface area contributed by atoms with E-state index < -0.39 is 43.0 Å². The van der Waals surface area contributed by atoms with E-state index in [1.165, 1.54) is 12.1 Å². The lowest BCUT2D eigenvalue weighted by atomic mass is 10.0. The minimum Gasteiger partial charge on any atom is -0.462 e. The van der Waals surface area contributed by atoms with Crippen LogP contribution in [0.3, 0.4) is 0 Å². The molecule has 7 nitrogen and oxygen atoms in total. The Kier molecular flexibility index (Phi) is 4.55. The Hall–Kier alpha value is -2.00. The highest BCUT2D eigenvalue weighted by molar-refractivity contribution is 5.81. The van der Waals surface area contributed by atoms with Gasteiger partial charge in [0, 0.05) is 17.5 Å². The molecule has 1 aromatic heterocycles. The third kappa shape index (κ3) is 3.01. The first kappa shape index (κ1) is 16.8. The van der Waals surface area contributed by atoms with Gasteiger partial charge in [-0.25, -0.2) is 9.18 Å². The number of alkyl halides is 1. The summed E-state index contributed by atoms with van der Waals surface area (Å²) in [5, 5.41) is 29.4. The molecule has 0 unspecified atom stereocenters. The molecule has 0 aliphatic carbocycles. The number of aryl methyl sites for hydroxylation is 1. The standard InChI is InChI=1S/C16H17FO7/c1-7-4-12(19)23-10-5-8(2-3-9(7)10)22-16-15(21)14(20)13(17)11(6-18)24-16/h2-5,11,13-16,18,20-21H,6H2,1H3/t11-,13+,14+,15-,16+/m1/s1. The maximum absolute atomic E-state index is 13.7. The van der Waals surface area contributed by atoms with Crippen molar-refractivity contribution in [2.75, 3.05) is 6.61 Å². The van der Waals surface area contributed by atoms with Gasteiger partial charge >= 0.3 is 5.63 Å². The highest BCUT2D eigenvalue weighted by Crippen LogP contribution is 2.28. The lowest BCUT2D eigenvalue weighted by Gasteiger charge is -2.38. The smallest absolute Gasteiger partial charge is 0.336 e. The molecule has 0 bridgehead atoms. The van der Waals surface area contributed by atoms with E-state index in [1.54, 1.807) is 19.1 Å². The number of ether oxygens (including phenoxy) is 2.